The number of aliphatic hydroxyl groups is 1. The summed E-state index contributed by atoms with van der Waals surface area (Å²) in [5.74, 6) is -3.55. The molecule has 49 heavy (non-hydrogen) atoms. The Labute approximate surface area is 300 Å². The van der Waals surface area contributed by atoms with Gasteiger partial charge >= 0.3 is 5.97 Å². The van der Waals surface area contributed by atoms with Crippen molar-refractivity contribution in [3.8, 4) is 0 Å². The Bertz CT molecular complexity index is 1360. The van der Waals surface area contributed by atoms with Crippen molar-refractivity contribution in [1.29, 1.82) is 0 Å². The minimum absolute atomic E-state index is 0.109. The molecule has 0 aliphatic carbocycles. The third-order valence-corrected chi connectivity index (χ3v) is 11.5. The van der Waals surface area contributed by atoms with E-state index < -0.39 is 53.7 Å². The van der Waals surface area contributed by atoms with Crippen LogP contribution < -0.4 is 0 Å². The van der Waals surface area contributed by atoms with Gasteiger partial charge in [0.2, 0.25) is 17.7 Å². The van der Waals surface area contributed by atoms with E-state index >= 15 is 0 Å². The summed E-state index contributed by atoms with van der Waals surface area (Å²) in [5.41, 5.74) is -0.588. The van der Waals surface area contributed by atoms with Crippen molar-refractivity contribution in [2.75, 3.05) is 26.7 Å². The van der Waals surface area contributed by atoms with Crippen LogP contribution in [0.3, 0.4) is 0 Å². The summed E-state index contributed by atoms with van der Waals surface area (Å²) in [5, 5.41) is 10.6. The fourth-order valence-corrected chi connectivity index (χ4v) is 8.83. The lowest BCUT2D eigenvalue weighted by molar-refractivity contribution is -0.165. The number of hydrogen-bond donors (Lipinski definition) is 1. The van der Waals surface area contributed by atoms with Crippen LogP contribution in [0.1, 0.15) is 77.9 Å². The van der Waals surface area contributed by atoms with Crippen molar-refractivity contribution in [3.63, 3.8) is 0 Å². The maximum Gasteiger partial charge on any atom is 0.313 e. The van der Waals surface area contributed by atoms with E-state index in [1.54, 1.807) is 29.0 Å². The third kappa shape index (κ3) is 7.54. The largest absolute Gasteiger partial charge is 0.455 e. The average Bonchev–Trinajstić information content (AvgIpc) is 3.68. The molecule has 10 nitrogen and oxygen atoms in total. The SMILES string of the molecule is C=CCCC(=O)N(C)[C@H](C)[C@H](OC(=O)[C@H]1[C@@H]2O[C@@]3(CC2Br)[C@@H]1C(=O)N([C@@H](CO)C(C)C)[C@@H]3C(=O)N(CC=C)CCCCC)c1ccccc1. The minimum Gasteiger partial charge on any atom is -0.455 e. The number of carbonyl (C=O) groups is 4. The first-order chi connectivity index (χ1) is 23.4. The highest BCUT2D eigenvalue weighted by Gasteiger charge is 2.77. The van der Waals surface area contributed by atoms with Gasteiger partial charge in [0, 0.05) is 31.4 Å². The first-order valence-electron chi connectivity index (χ1n) is 17.7. The van der Waals surface area contributed by atoms with E-state index in [1.807, 2.05) is 51.1 Å². The molecule has 1 unspecified atom stereocenters. The maximum atomic E-state index is 14.7. The zero-order chi connectivity index (χ0) is 36.0. The molecule has 3 fully saturated rings. The first-order valence-corrected chi connectivity index (χ1v) is 18.6. The molecule has 1 N–H and O–H groups in total. The van der Waals surface area contributed by atoms with Gasteiger partial charge in [-0.3, -0.25) is 19.2 Å². The van der Waals surface area contributed by atoms with Gasteiger partial charge in [0.05, 0.1) is 36.6 Å². The fourth-order valence-electron chi connectivity index (χ4n) is 7.89. The molecule has 3 heterocycles. The highest BCUT2D eigenvalue weighted by atomic mass is 79.9. The second-order valence-corrected chi connectivity index (χ2v) is 15.2. The molecular weight excluding hydrogens is 690 g/mol. The number of allylic oxidation sites excluding steroid dienone is 1. The number of halogens is 1. The number of ether oxygens (including phenoxy) is 2. The number of unbranched alkanes of at least 4 members (excludes halogenated alkanes) is 2. The van der Waals surface area contributed by atoms with Gasteiger partial charge in [-0.25, -0.2) is 0 Å². The van der Waals surface area contributed by atoms with Crippen LogP contribution in [0.25, 0.3) is 0 Å². The molecule has 270 valence electrons. The van der Waals surface area contributed by atoms with Crippen LogP contribution in [-0.2, 0) is 28.7 Å². The minimum atomic E-state index is -1.30. The molecule has 9 atom stereocenters. The molecule has 0 radical (unpaired) electrons. The second-order valence-electron chi connectivity index (χ2n) is 14.0. The second kappa shape index (κ2) is 16.8. The zero-order valence-corrected chi connectivity index (χ0v) is 31.2. The number of fused-ring (bicyclic) bond motifs is 1. The number of likely N-dealkylation sites (N-methyl/N-ethyl adjacent to an activating group) is 1. The Morgan fingerprint density at radius 2 is 1.86 bits per heavy atom. The number of amides is 3. The van der Waals surface area contributed by atoms with Gasteiger partial charge in [-0.15, -0.1) is 13.2 Å². The monoisotopic (exact) mass is 743 g/mol. The van der Waals surface area contributed by atoms with Crippen molar-refractivity contribution >= 4 is 39.6 Å². The van der Waals surface area contributed by atoms with Gasteiger partial charge in [-0.2, -0.15) is 0 Å². The van der Waals surface area contributed by atoms with Crippen molar-refractivity contribution in [2.24, 2.45) is 17.8 Å². The number of benzene rings is 1. The molecule has 1 spiro atoms. The molecule has 2 bridgehead atoms. The molecule has 0 aromatic heterocycles. The van der Waals surface area contributed by atoms with Crippen LogP contribution in [-0.4, -0.2) is 105 Å². The summed E-state index contributed by atoms with van der Waals surface area (Å²) in [4.78, 5) is 61.4. The molecule has 3 saturated heterocycles. The van der Waals surface area contributed by atoms with Crippen molar-refractivity contribution in [1.82, 2.24) is 14.7 Å². The number of hydrogen-bond acceptors (Lipinski definition) is 7. The lowest BCUT2D eigenvalue weighted by Gasteiger charge is -2.40. The van der Waals surface area contributed by atoms with Crippen LogP contribution in [0.15, 0.2) is 55.6 Å². The highest BCUT2D eigenvalue weighted by molar-refractivity contribution is 9.09. The van der Waals surface area contributed by atoms with Gasteiger partial charge in [-0.1, -0.05) is 92.0 Å². The van der Waals surface area contributed by atoms with Crippen molar-refractivity contribution in [2.45, 2.75) is 107 Å². The number of alkyl halides is 1. The summed E-state index contributed by atoms with van der Waals surface area (Å²) in [6.45, 7) is 15.8. The normalized spacial score (nSPS) is 27.4. The van der Waals surface area contributed by atoms with Gasteiger partial charge in [0.1, 0.15) is 17.7 Å². The summed E-state index contributed by atoms with van der Waals surface area (Å²) in [6.07, 6.45) is 5.69. The van der Waals surface area contributed by atoms with E-state index in [9.17, 15) is 24.3 Å². The smallest absolute Gasteiger partial charge is 0.313 e. The molecule has 1 aromatic carbocycles. The van der Waals surface area contributed by atoms with Crippen LogP contribution in [0.2, 0.25) is 0 Å². The molecule has 3 aliphatic rings. The highest BCUT2D eigenvalue weighted by Crippen LogP contribution is 2.61. The predicted octanol–water partition coefficient (Wildman–Crippen LogP) is 5.05. The quantitative estimate of drug-likeness (QED) is 0.0968. The molecule has 1 aromatic rings. The van der Waals surface area contributed by atoms with Crippen LogP contribution in [0.5, 0.6) is 0 Å². The molecule has 3 amide bonds. The molecule has 4 rings (SSSR count). The molecule has 11 heteroatoms. The van der Waals surface area contributed by atoms with E-state index in [1.165, 1.54) is 4.90 Å². The molecule has 0 saturated carbocycles. The standard InChI is InChI=1S/C38H54BrN3O7/c1-8-11-16-21-41(20-10-3)36(46)34-38-22-27(39)33(49-38)30(31(38)35(45)42(34)28(23-43)24(4)5)37(47)48-32(26-17-14-13-15-18-26)25(6)40(7)29(44)19-12-9-2/h9-10,13-15,17-18,24-25,27-28,30-34,43H,2-3,8,11-12,16,19-23H2,1,4-7H3/t25-,27?,28+,30-,31+,32+,33-,34-,38+/m1/s1. The summed E-state index contributed by atoms with van der Waals surface area (Å²) < 4.78 is 13.1. The lowest BCUT2D eigenvalue weighted by atomic mass is 9.70. The zero-order valence-electron chi connectivity index (χ0n) is 29.6. The Morgan fingerprint density at radius 1 is 1.16 bits per heavy atom. The topological polar surface area (TPSA) is 117 Å². The van der Waals surface area contributed by atoms with Crippen molar-refractivity contribution < 1.29 is 33.8 Å². The van der Waals surface area contributed by atoms with Crippen LogP contribution >= 0.6 is 15.9 Å². The lowest BCUT2D eigenvalue weighted by Crippen LogP contribution is -2.60. The van der Waals surface area contributed by atoms with E-state index in [0.29, 0.717) is 31.5 Å². The molecule has 3 aliphatic heterocycles. The fraction of sp³-hybridized carbons (Fsp3) is 0.632. The Kier molecular flexibility index (Phi) is 13.3. The van der Waals surface area contributed by atoms with Gasteiger partial charge < -0.3 is 29.3 Å². The summed E-state index contributed by atoms with van der Waals surface area (Å²) in [6, 6.07) is 7.02. The Hall–Kier alpha value is -3.02. The summed E-state index contributed by atoms with van der Waals surface area (Å²) in [7, 11) is 1.69. The predicted molar refractivity (Wildman–Crippen MR) is 192 cm³/mol. The third-order valence-electron chi connectivity index (χ3n) is 10.6. The van der Waals surface area contributed by atoms with Gasteiger partial charge in [0.25, 0.3) is 0 Å². The van der Waals surface area contributed by atoms with Gasteiger partial charge in [0.15, 0.2) is 0 Å². The molecular formula is C38H54BrN3O7. The first kappa shape index (κ1) is 38.8. The van der Waals surface area contributed by atoms with E-state index in [2.05, 4.69) is 36.0 Å². The maximum absolute atomic E-state index is 14.7. The van der Waals surface area contributed by atoms with E-state index in [-0.39, 0.29) is 41.5 Å². The van der Waals surface area contributed by atoms with E-state index in [4.69, 9.17) is 9.47 Å². The number of esters is 1. The Morgan fingerprint density at radius 3 is 2.45 bits per heavy atom. The van der Waals surface area contributed by atoms with Crippen molar-refractivity contribution in [3.05, 3.63) is 61.2 Å². The number of aliphatic hydroxyl groups excluding tert-OH is 1. The number of carbonyl (C=O) groups excluding carboxylic acids is 4. The number of rotatable bonds is 18. The number of likely N-dealkylation sites (tertiary alicyclic amines) is 1. The number of nitrogens with zero attached hydrogens (tertiary/aromatic N) is 3. The average molecular weight is 745 g/mol. The Balaban J connectivity index is 1.74. The van der Waals surface area contributed by atoms with Crippen LogP contribution in [0, 0.1) is 17.8 Å². The summed E-state index contributed by atoms with van der Waals surface area (Å²) >= 11 is 3.75. The van der Waals surface area contributed by atoms with Crippen LogP contribution in [0.4, 0.5) is 0 Å². The van der Waals surface area contributed by atoms with Gasteiger partial charge in [-0.05, 0) is 37.7 Å². The van der Waals surface area contributed by atoms with E-state index in [0.717, 1.165) is 19.3 Å².